The van der Waals surface area contributed by atoms with Crippen molar-refractivity contribution >= 4 is 15.9 Å². The zero-order chi connectivity index (χ0) is 15.8. The minimum atomic E-state index is -3.50. The van der Waals surface area contributed by atoms with Gasteiger partial charge in [-0.05, 0) is 58.4 Å². The van der Waals surface area contributed by atoms with E-state index in [-0.39, 0.29) is 6.04 Å². The number of benzene rings is 1. The van der Waals surface area contributed by atoms with Crippen molar-refractivity contribution in [3.05, 3.63) is 29.3 Å². The molecule has 2 rings (SSSR count). The van der Waals surface area contributed by atoms with E-state index >= 15 is 0 Å². The molecule has 1 aromatic rings. The Hall–Kier alpha value is -1.11. The van der Waals surface area contributed by atoms with Crippen LogP contribution in [0.2, 0.25) is 0 Å². The summed E-state index contributed by atoms with van der Waals surface area (Å²) >= 11 is 0. The van der Waals surface area contributed by atoms with Gasteiger partial charge in [-0.15, -0.1) is 0 Å². The molecule has 1 aromatic carbocycles. The minimum Gasteiger partial charge on any atom is -0.313 e. The number of hydrogen-bond donors (Lipinski definition) is 2. The summed E-state index contributed by atoms with van der Waals surface area (Å²) in [6, 6.07) is 6.26. The molecule has 1 atom stereocenters. The van der Waals surface area contributed by atoms with Crippen LogP contribution in [-0.4, -0.2) is 27.5 Å². The first kappa shape index (κ1) is 16.3. The number of hydrogen-bond acceptors (Lipinski definition) is 3. The summed E-state index contributed by atoms with van der Waals surface area (Å²) in [6.07, 6.45) is 0.755. The second-order valence-corrected chi connectivity index (χ2v) is 8.17. The van der Waals surface area contributed by atoms with Crippen molar-refractivity contribution in [3.63, 3.8) is 0 Å². The molecule has 0 fully saturated rings. The first-order valence-electron chi connectivity index (χ1n) is 7.26. The molecule has 1 aliphatic heterocycles. The number of nitrogens with zero attached hydrogens (tertiary/aromatic N) is 1. The number of anilines is 1. The Balaban J connectivity index is 2.31. The Morgan fingerprint density at radius 3 is 2.52 bits per heavy atom. The van der Waals surface area contributed by atoms with Crippen molar-refractivity contribution in [1.82, 2.24) is 10.0 Å². The fourth-order valence-electron chi connectivity index (χ4n) is 2.52. The van der Waals surface area contributed by atoms with E-state index in [2.05, 4.69) is 23.0 Å². The molecule has 0 spiro atoms. The van der Waals surface area contributed by atoms with Crippen LogP contribution in [0.1, 0.15) is 44.9 Å². The molecule has 0 amide bonds. The molecule has 6 heteroatoms. The average Bonchev–Trinajstić information content (AvgIpc) is 2.78. The van der Waals surface area contributed by atoms with Gasteiger partial charge in [-0.2, -0.15) is 13.1 Å². The van der Waals surface area contributed by atoms with Crippen LogP contribution in [0.3, 0.4) is 0 Å². The average molecular weight is 311 g/mol. The highest BCUT2D eigenvalue weighted by Crippen LogP contribution is 2.32. The highest BCUT2D eigenvalue weighted by atomic mass is 32.2. The van der Waals surface area contributed by atoms with Crippen LogP contribution in [0.15, 0.2) is 18.2 Å². The Kier molecular flexibility index (Phi) is 4.33. The Morgan fingerprint density at radius 2 is 1.95 bits per heavy atom. The van der Waals surface area contributed by atoms with Gasteiger partial charge in [0.15, 0.2) is 0 Å². The molecule has 0 saturated carbocycles. The van der Waals surface area contributed by atoms with E-state index in [4.69, 9.17) is 0 Å². The summed E-state index contributed by atoms with van der Waals surface area (Å²) in [5, 5.41) is 3.20. The van der Waals surface area contributed by atoms with E-state index in [0.717, 1.165) is 17.7 Å². The smallest absolute Gasteiger partial charge is 0.302 e. The van der Waals surface area contributed by atoms with Gasteiger partial charge in [0.1, 0.15) is 0 Å². The SMILES string of the molecule is CNC(C)c1ccc2c(c1)CCN2S(=O)(=O)NC(C)(C)C. The lowest BCUT2D eigenvalue weighted by atomic mass is 10.0. The van der Waals surface area contributed by atoms with Gasteiger partial charge in [-0.25, -0.2) is 0 Å². The van der Waals surface area contributed by atoms with Crippen molar-refractivity contribution < 1.29 is 8.42 Å². The van der Waals surface area contributed by atoms with Crippen molar-refractivity contribution in [2.45, 2.75) is 45.7 Å². The summed E-state index contributed by atoms with van der Waals surface area (Å²) in [4.78, 5) is 0. The largest absolute Gasteiger partial charge is 0.313 e. The molecule has 118 valence electrons. The lowest BCUT2D eigenvalue weighted by Gasteiger charge is -2.26. The van der Waals surface area contributed by atoms with E-state index in [9.17, 15) is 8.42 Å². The van der Waals surface area contributed by atoms with Crippen LogP contribution in [-0.2, 0) is 16.6 Å². The first-order valence-corrected chi connectivity index (χ1v) is 8.70. The number of fused-ring (bicyclic) bond motifs is 1. The normalized spacial score (nSPS) is 16.9. The van der Waals surface area contributed by atoms with Gasteiger partial charge in [-0.1, -0.05) is 12.1 Å². The Morgan fingerprint density at radius 1 is 1.29 bits per heavy atom. The standard InChI is InChI=1S/C15H25N3O2S/c1-11(16-5)12-6-7-14-13(10-12)8-9-18(14)21(19,20)17-15(2,3)4/h6-7,10-11,16-17H,8-9H2,1-5H3. The van der Waals surface area contributed by atoms with E-state index in [1.807, 2.05) is 40.0 Å². The molecule has 0 saturated heterocycles. The van der Waals surface area contributed by atoms with Gasteiger partial charge in [0.25, 0.3) is 0 Å². The Bertz CT molecular complexity index is 620. The van der Waals surface area contributed by atoms with Crippen LogP contribution in [0.5, 0.6) is 0 Å². The van der Waals surface area contributed by atoms with Crippen LogP contribution < -0.4 is 14.3 Å². The first-order chi connectivity index (χ1) is 9.64. The summed E-state index contributed by atoms with van der Waals surface area (Å²) in [5.41, 5.74) is 2.58. The Labute approximate surface area is 127 Å². The molecule has 5 nitrogen and oxygen atoms in total. The zero-order valence-corrected chi connectivity index (χ0v) is 14.2. The van der Waals surface area contributed by atoms with Gasteiger partial charge >= 0.3 is 10.2 Å². The van der Waals surface area contributed by atoms with Crippen LogP contribution in [0, 0.1) is 0 Å². The molecular formula is C15H25N3O2S. The number of nitrogens with one attached hydrogen (secondary N) is 2. The molecule has 2 N–H and O–H groups in total. The minimum absolute atomic E-state index is 0.258. The van der Waals surface area contributed by atoms with Gasteiger partial charge in [0, 0.05) is 18.1 Å². The van der Waals surface area contributed by atoms with Gasteiger partial charge in [0.2, 0.25) is 0 Å². The fourth-order valence-corrected chi connectivity index (χ4v) is 4.17. The molecule has 0 aliphatic carbocycles. The van der Waals surface area contributed by atoms with Gasteiger partial charge in [-0.3, -0.25) is 4.31 Å². The molecule has 0 bridgehead atoms. The van der Waals surface area contributed by atoms with Crippen molar-refractivity contribution in [1.29, 1.82) is 0 Å². The van der Waals surface area contributed by atoms with E-state index < -0.39 is 15.7 Å². The third-order valence-electron chi connectivity index (χ3n) is 3.61. The highest BCUT2D eigenvalue weighted by Gasteiger charge is 2.32. The van der Waals surface area contributed by atoms with Crippen LogP contribution >= 0.6 is 0 Å². The van der Waals surface area contributed by atoms with Crippen LogP contribution in [0.25, 0.3) is 0 Å². The monoisotopic (exact) mass is 311 g/mol. The fraction of sp³-hybridized carbons (Fsp3) is 0.600. The highest BCUT2D eigenvalue weighted by molar-refractivity contribution is 7.91. The molecule has 21 heavy (non-hydrogen) atoms. The number of rotatable bonds is 4. The summed E-state index contributed by atoms with van der Waals surface area (Å²) in [6.45, 7) is 8.13. The lowest BCUT2D eigenvalue weighted by Crippen LogP contribution is -2.48. The summed E-state index contributed by atoms with van der Waals surface area (Å²) in [7, 11) is -1.58. The molecular weight excluding hydrogens is 286 g/mol. The molecule has 1 heterocycles. The molecule has 0 aromatic heterocycles. The molecule has 0 radical (unpaired) electrons. The third-order valence-corrected chi connectivity index (χ3v) is 5.44. The predicted octanol–water partition coefficient (Wildman–Crippen LogP) is 1.96. The third kappa shape index (κ3) is 3.56. The van der Waals surface area contributed by atoms with Crippen LogP contribution in [0.4, 0.5) is 5.69 Å². The van der Waals surface area contributed by atoms with E-state index in [1.54, 1.807) is 0 Å². The topological polar surface area (TPSA) is 61.4 Å². The maximum absolute atomic E-state index is 12.5. The second-order valence-electron chi connectivity index (χ2n) is 6.58. The predicted molar refractivity (Wildman–Crippen MR) is 86.8 cm³/mol. The van der Waals surface area contributed by atoms with Crippen molar-refractivity contribution in [3.8, 4) is 0 Å². The van der Waals surface area contributed by atoms with Crippen molar-refractivity contribution in [2.24, 2.45) is 0 Å². The maximum atomic E-state index is 12.5. The van der Waals surface area contributed by atoms with E-state index in [0.29, 0.717) is 6.54 Å². The second kappa shape index (κ2) is 5.59. The van der Waals surface area contributed by atoms with E-state index in [1.165, 1.54) is 9.87 Å². The lowest BCUT2D eigenvalue weighted by molar-refractivity contribution is 0.489. The molecule has 1 aliphatic rings. The van der Waals surface area contributed by atoms with Gasteiger partial charge in [0.05, 0.1) is 5.69 Å². The quantitative estimate of drug-likeness (QED) is 0.893. The zero-order valence-electron chi connectivity index (χ0n) is 13.4. The summed E-state index contributed by atoms with van der Waals surface area (Å²) in [5.74, 6) is 0. The van der Waals surface area contributed by atoms with Gasteiger partial charge < -0.3 is 5.32 Å². The van der Waals surface area contributed by atoms with Crippen molar-refractivity contribution in [2.75, 3.05) is 17.9 Å². The summed E-state index contributed by atoms with van der Waals surface area (Å²) < 4.78 is 29.2. The maximum Gasteiger partial charge on any atom is 0.302 e. The molecule has 1 unspecified atom stereocenters.